The molecule has 40 heavy (non-hydrogen) atoms. The number of rotatable bonds is 3. The first-order valence-electron chi connectivity index (χ1n) is 13.1. The third kappa shape index (κ3) is 3.38. The minimum atomic E-state index is -3.74. The molecule has 1 aliphatic heterocycles. The lowest BCUT2D eigenvalue weighted by Crippen LogP contribution is -2.15. The first-order valence-corrected chi connectivity index (χ1v) is 14.6. The number of benzene rings is 6. The zero-order chi connectivity index (χ0) is 26.8. The Labute approximate surface area is 231 Å². The highest BCUT2D eigenvalue weighted by Gasteiger charge is 2.33. The average Bonchev–Trinajstić information content (AvgIpc) is 3.40. The Morgan fingerprint density at radius 1 is 0.500 bits per heavy atom. The molecule has 2 heterocycles. The molecule has 1 aliphatic rings. The van der Waals surface area contributed by atoms with Crippen LogP contribution >= 0.6 is 0 Å². The summed E-state index contributed by atoms with van der Waals surface area (Å²) in [7, 11) is -3.74. The van der Waals surface area contributed by atoms with E-state index in [4.69, 9.17) is 4.98 Å². The monoisotopic (exact) mass is 534 g/mol. The van der Waals surface area contributed by atoms with Gasteiger partial charge in [-0.15, -0.1) is 0 Å². The smallest absolute Gasteiger partial charge is 0.210 e. The number of imidazole rings is 1. The van der Waals surface area contributed by atoms with Crippen molar-refractivity contribution in [1.82, 2.24) is 9.55 Å². The molecule has 0 spiro atoms. The fourth-order valence-corrected chi connectivity index (χ4v) is 7.43. The van der Waals surface area contributed by atoms with E-state index in [1.54, 1.807) is 18.2 Å². The lowest BCUT2D eigenvalue weighted by atomic mass is 9.98. The molecule has 6 aromatic carbocycles. The fourth-order valence-electron chi connectivity index (χ4n) is 5.76. The van der Waals surface area contributed by atoms with Gasteiger partial charge in [-0.3, -0.25) is 4.57 Å². The maximum Gasteiger partial charge on any atom is 0.210 e. The maximum absolute atomic E-state index is 13.9. The van der Waals surface area contributed by atoms with E-state index in [1.807, 2.05) is 59.2 Å². The number of para-hydroxylation sites is 1. The average molecular weight is 535 g/mol. The minimum Gasteiger partial charge on any atom is -0.290 e. The van der Waals surface area contributed by atoms with Gasteiger partial charge in [0.05, 0.1) is 26.5 Å². The second-order valence-corrected chi connectivity index (χ2v) is 12.0. The van der Waals surface area contributed by atoms with Gasteiger partial charge in [-0.05, 0) is 63.4 Å². The number of nitrogens with zero attached hydrogens (tertiary/aromatic N) is 2. The number of sulfone groups is 1. The molecule has 1 aromatic heterocycles. The molecule has 8 rings (SSSR count). The van der Waals surface area contributed by atoms with E-state index in [-0.39, 0.29) is 4.90 Å². The van der Waals surface area contributed by atoms with Crippen LogP contribution in [0.25, 0.3) is 61.1 Å². The predicted molar refractivity (Wildman–Crippen MR) is 160 cm³/mol. The SMILES string of the molecule is O=S1(=O)c2cc(-c3ccc(-c4ccc5ccccc5c4)cc3)ccc2-n2c(-c3ccccc3)nc3cccc1c32. The molecule has 0 N–H and O–H groups in total. The molecule has 0 saturated carbocycles. The van der Waals surface area contributed by atoms with Gasteiger partial charge in [-0.25, -0.2) is 13.4 Å². The van der Waals surface area contributed by atoms with Crippen molar-refractivity contribution in [2.24, 2.45) is 0 Å². The van der Waals surface area contributed by atoms with Gasteiger partial charge >= 0.3 is 0 Å². The van der Waals surface area contributed by atoms with E-state index >= 15 is 0 Å². The Hall–Kier alpha value is -5.00. The lowest BCUT2D eigenvalue weighted by Gasteiger charge is -2.22. The van der Waals surface area contributed by atoms with Crippen LogP contribution in [0.4, 0.5) is 0 Å². The van der Waals surface area contributed by atoms with Crippen LogP contribution in [0.2, 0.25) is 0 Å². The Balaban J connectivity index is 1.26. The normalized spacial score (nSPS) is 13.4. The van der Waals surface area contributed by atoms with Gasteiger partial charge in [0.15, 0.2) is 0 Å². The van der Waals surface area contributed by atoms with Crippen LogP contribution in [0.3, 0.4) is 0 Å². The van der Waals surface area contributed by atoms with Crippen LogP contribution in [0.1, 0.15) is 0 Å². The zero-order valence-corrected chi connectivity index (χ0v) is 22.1. The highest BCUT2D eigenvalue weighted by Crippen LogP contribution is 2.43. The van der Waals surface area contributed by atoms with Gasteiger partial charge in [-0.1, -0.05) is 103 Å². The highest BCUT2D eigenvalue weighted by molar-refractivity contribution is 7.92. The molecule has 0 fully saturated rings. The number of fused-ring (bicyclic) bond motifs is 3. The molecule has 4 nitrogen and oxygen atoms in total. The third-order valence-electron chi connectivity index (χ3n) is 7.75. The van der Waals surface area contributed by atoms with Gasteiger partial charge in [0, 0.05) is 5.56 Å². The Kier molecular flexibility index (Phi) is 4.87. The molecule has 7 aromatic rings. The number of hydrogen-bond donors (Lipinski definition) is 0. The van der Waals surface area contributed by atoms with Crippen LogP contribution in [-0.2, 0) is 9.84 Å². The van der Waals surface area contributed by atoms with Crippen molar-refractivity contribution in [2.45, 2.75) is 9.79 Å². The molecule has 0 saturated heterocycles. The quantitative estimate of drug-likeness (QED) is 0.229. The second kappa shape index (κ2) is 8.50. The Morgan fingerprint density at radius 2 is 1.15 bits per heavy atom. The fraction of sp³-hybridized carbons (Fsp3) is 0. The van der Waals surface area contributed by atoms with E-state index < -0.39 is 9.84 Å². The predicted octanol–water partition coefficient (Wildman–Crippen LogP) is 8.33. The van der Waals surface area contributed by atoms with E-state index in [1.165, 1.54) is 10.8 Å². The van der Waals surface area contributed by atoms with Crippen molar-refractivity contribution in [2.75, 3.05) is 0 Å². The van der Waals surface area contributed by atoms with E-state index in [0.29, 0.717) is 21.6 Å². The Bertz CT molecular complexity index is 2210. The van der Waals surface area contributed by atoms with Gasteiger partial charge < -0.3 is 0 Å². The summed E-state index contributed by atoms with van der Waals surface area (Å²) in [4.78, 5) is 5.43. The summed E-state index contributed by atoms with van der Waals surface area (Å²) in [5.41, 5.74) is 6.92. The molecule has 0 atom stereocenters. The molecule has 0 unspecified atom stereocenters. The minimum absolute atomic E-state index is 0.288. The van der Waals surface area contributed by atoms with Crippen LogP contribution in [0.5, 0.6) is 0 Å². The van der Waals surface area contributed by atoms with E-state index in [2.05, 4.69) is 60.7 Å². The van der Waals surface area contributed by atoms with Gasteiger partial charge in [0.1, 0.15) is 5.82 Å². The zero-order valence-electron chi connectivity index (χ0n) is 21.3. The van der Waals surface area contributed by atoms with Gasteiger partial charge in [-0.2, -0.15) is 0 Å². The molecule has 0 radical (unpaired) electrons. The van der Waals surface area contributed by atoms with E-state index in [0.717, 1.165) is 33.6 Å². The van der Waals surface area contributed by atoms with Crippen molar-refractivity contribution in [3.8, 4) is 39.3 Å². The topological polar surface area (TPSA) is 52.0 Å². The molecule has 0 amide bonds. The summed E-state index contributed by atoms with van der Waals surface area (Å²) < 4.78 is 29.8. The van der Waals surface area contributed by atoms with Crippen molar-refractivity contribution >= 4 is 31.6 Å². The summed E-state index contributed by atoms with van der Waals surface area (Å²) in [5.74, 6) is 0.728. The first-order chi connectivity index (χ1) is 19.6. The highest BCUT2D eigenvalue weighted by atomic mass is 32.2. The van der Waals surface area contributed by atoms with Crippen molar-refractivity contribution in [1.29, 1.82) is 0 Å². The molecular formula is C35H22N2O2S. The van der Waals surface area contributed by atoms with Crippen LogP contribution in [0, 0.1) is 0 Å². The molecular weight excluding hydrogens is 512 g/mol. The third-order valence-corrected chi connectivity index (χ3v) is 9.57. The summed E-state index contributed by atoms with van der Waals surface area (Å²) in [6, 6.07) is 44.0. The van der Waals surface area contributed by atoms with Crippen molar-refractivity contribution < 1.29 is 8.42 Å². The largest absolute Gasteiger partial charge is 0.290 e. The van der Waals surface area contributed by atoms with E-state index in [9.17, 15) is 8.42 Å². The molecule has 190 valence electrons. The summed E-state index contributed by atoms with van der Waals surface area (Å²) in [5, 5.41) is 2.41. The van der Waals surface area contributed by atoms with Crippen LogP contribution in [0.15, 0.2) is 143 Å². The molecule has 0 aliphatic carbocycles. The standard InChI is InChI=1S/C35H22N2O2S/c38-40(39)32-12-6-11-30-34(32)37(35(36-30)26-8-2-1-3-9-26)31-20-19-29(22-33(31)40)25-15-13-24(14-16-25)28-18-17-23-7-4-5-10-27(23)21-28/h1-22H. The van der Waals surface area contributed by atoms with Gasteiger partial charge in [0.2, 0.25) is 9.84 Å². The number of aromatic nitrogens is 2. The molecule has 5 heteroatoms. The summed E-state index contributed by atoms with van der Waals surface area (Å²) in [6.45, 7) is 0. The summed E-state index contributed by atoms with van der Waals surface area (Å²) >= 11 is 0. The maximum atomic E-state index is 13.9. The Morgan fingerprint density at radius 3 is 1.93 bits per heavy atom. The van der Waals surface area contributed by atoms with Crippen molar-refractivity contribution in [3.63, 3.8) is 0 Å². The van der Waals surface area contributed by atoms with Crippen LogP contribution < -0.4 is 0 Å². The van der Waals surface area contributed by atoms with Gasteiger partial charge in [0.25, 0.3) is 0 Å². The summed E-state index contributed by atoms with van der Waals surface area (Å²) in [6.07, 6.45) is 0. The van der Waals surface area contributed by atoms with Crippen molar-refractivity contribution in [3.05, 3.63) is 133 Å². The second-order valence-electron chi connectivity index (χ2n) is 10.1. The molecule has 0 bridgehead atoms. The van der Waals surface area contributed by atoms with Crippen LogP contribution in [-0.4, -0.2) is 18.0 Å². The first kappa shape index (κ1) is 22.9. The lowest BCUT2D eigenvalue weighted by molar-refractivity contribution is 0.594. The number of hydrogen-bond acceptors (Lipinski definition) is 3.